The molecule has 1 aromatic heterocycles. The topological polar surface area (TPSA) is 76.4 Å². The van der Waals surface area contributed by atoms with Gasteiger partial charge in [0.05, 0.1) is 6.10 Å². The van der Waals surface area contributed by atoms with Gasteiger partial charge in [-0.15, -0.1) is 11.3 Å². The van der Waals surface area contributed by atoms with E-state index in [4.69, 9.17) is 10.5 Å². The molecule has 0 saturated carbocycles. The van der Waals surface area contributed by atoms with Gasteiger partial charge in [-0.2, -0.15) is 0 Å². The molecular weight excluding hydrogens is 274 g/mol. The molecule has 0 atom stereocenters. The molecule has 0 saturated heterocycles. The molecular formula is C14H25N3O2S. The van der Waals surface area contributed by atoms with Gasteiger partial charge in [-0.05, 0) is 27.2 Å². The SMILES string of the molecule is CCCCNc1sc(C(=O)NCC)c(N)c1OC(C)C. The van der Waals surface area contributed by atoms with Crippen LogP contribution in [0.2, 0.25) is 0 Å². The Morgan fingerprint density at radius 3 is 2.65 bits per heavy atom. The third kappa shape index (κ3) is 4.30. The fourth-order valence-corrected chi connectivity index (χ4v) is 2.68. The van der Waals surface area contributed by atoms with Crippen molar-refractivity contribution in [2.45, 2.75) is 46.6 Å². The highest BCUT2D eigenvalue weighted by Crippen LogP contribution is 2.43. The van der Waals surface area contributed by atoms with Gasteiger partial charge < -0.3 is 21.1 Å². The molecule has 0 aromatic carbocycles. The number of anilines is 2. The van der Waals surface area contributed by atoms with Crippen LogP contribution < -0.4 is 21.1 Å². The number of rotatable bonds is 8. The van der Waals surface area contributed by atoms with Crippen LogP contribution >= 0.6 is 11.3 Å². The number of nitrogen functional groups attached to an aromatic ring is 1. The van der Waals surface area contributed by atoms with Crippen molar-refractivity contribution in [1.29, 1.82) is 0 Å². The van der Waals surface area contributed by atoms with Gasteiger partial charge in [0.1, 0.15) is 15.6 Å². The summed E-state index contributed by atoms with van der Waals surface area (Å²) < 4.78 is 5.76. The van der Waals surface area contributed by atoms with E-state index in [1.165, 1.54) is 11.3 Å². The van der Waals surface area contributed by atoms with E-state index < -0.39 is 0 Å². The van der Waals surface area contributed by atoms with Crippen LogP contribution in [0, 0.1) is 0 Å². The van der Waals surface area contributed by atoms with Crippen LogP contribution in [-0.4, -0.2) is 25.1 Å². The summed E-state index contributed by atoms with van der Waals surface area (Å²) in [5.74, 6) is 0.453. The number of nitrogens with two attached hydrogens (primary N) is 1. The van der Waals surface area contributed by atoms with Crippen LogP contribution in [0.1, 0.15) is 50.2 Å². The average Bonchev–Trinajstić information content (AvgIpc) is 2.68. The summed E-state index contributed by atoms with van der Waals surface area (Å²) in [5, 5.41) is 6.92. The van der Waals surface area contributed by atoms with E-state index >= 15 is 0 Å². The van der Waals surface area contributed by atoms with Crippen molar-refractivity contribution in [2.75, 3.05) is 24.1 Å². The van der Waals surface area contributed by atoms with Crippen LogP contribution in [0.3, 0.4) is 0 Å². The molecule has 0 fully saturated rings. The van der Waals surface area contributed by atoms with E-state index in [0.717, 1.165) is 24.4 Å². The lowest BCUT2D eigenvalue weighted by Crippen LogP contribution is -2.22. The predicted octanol–water partition coefficient (Wildman–Crippen LogP) is 3.08. The zero-order chi connectivity index (χ0) is 15.1. The fourth-order valence-electron chi connectivity index (χ4n) is 1.69. The quantitative estimate of drug-likeness (QED) is 0.645. The summed E-state index contributed by atoms with van der Waals surface area (Å²) in [4.78, 5) is 12.5. The standard InChI is InChI=1S/C14H25N3O2S/c1-5-7-8-17-14-11(19-9(3)4)10(15)12(20-14)13(18)16-6-2/h9,17H,5-8,15H2,1-4H3,(H,16,18). The molecule has 0 spiro atoms. The third-order valence-electron chi connectivity index (χ3n) is 2.61. The van der Waals surface area contributed by atoms with Gasteiger partial charge in [0.15, 0.2) is 5.75 Å². The van der Waals surface area contributed by atoms with Crippen molar-refractivity contribution >= 4 is 27.9 Å². The number of unbranched alkanes of at least 4 members (excludes halogenated alkanes) is 1. The monoisotopic (exact) mass is 299 g/mol. The van der Waals surface area contributed by atoms with Crippen molar-refractivity contribution in [3.8, 4) is 5.75 Å². The third-order valence-corrected chi connectivity index (χ3v) is 3.76. The molecule has 0 radical (unpaired) electrons. The number of thiophene rings is 1. The van der Waals surface area contributed by atoms with Crippen molar-refractivity contribution in [1.82, 2.24) is 5.32 Å². The van der Waals surface area contributed by atoms with Gasteiger partial charge in [-0.1, -0.05) is 13.3 Å². The minimum atomic E-state index is -0.146. The number of nitrogens with one attached hydrogen (secondary N) is 2. The molecule has 5 nitrogen and oxygen atoms in total. The van der Waals surface area contributed by atoms with Crippen molar-refractivity contribution in [2.24, 2.45) is 0 Å². The molecule has 4 N–H and O–H groups in total. The zero-order valence-electron chi connectivity index (χ0n) is 12.7. The van der Waals surface area contributed by atoms with E-state index in [2.05, 4.69) is 17.6 Å². The molecule has 0 aliphatic carbocycles. The summed E-state index contributed by atoms with van der Waals surface area (Å²) in [7, 11) is 0. The maximum Gasteiger partial charge on any atom is 0.263 e. The molecule has 114 valence electrons. The number of hydrogen-bond donors (Lipinski definition) is 3. The maximum absolute atomic E-state index is 12.0. The summed E-state index contributed by atoms with van der Waals surface area (Å²) in [5.41, 5.74) is 6.50. The number of carbonyl (C=O) groups is 1. The smallest absolute Gasteiger partial charge is 0.263 e. The molecule has 0 unspecified atom stereocenters. The van der Waals surface area contributed by atoms with E-state index in [0.29, 0.717) is 22.9 Å². The molecule has 0 bridgehead atoms. The first-order chi connectivity index (χ1) is 9.51. The highest BCUT2D eigenvalue weighted by Gasteiger charge is 2.22. The second-order valence-corrected chi connectivity index (χ2v) is 5.83. The Bertz CT molecular complexity index is 444. The van der Waals surface area contributed by atoms with Gasteiger partial charge in [-0.3, -0.25) is 4.79 Å². The second kappa shape index (κ2) is 7.99. The Morgan fingerprint density at radius 2 is 2.10 bits per heavy atom. The summed E-state index contributed by atoms with van der Waals surface area (Å²) >= 11 is 1.35. The number of carbonyl (C=O) groups excluding carboxylic acids is 1. The average molecular weight is 299 g/mol. The van der Waals surface area contributed by atoms with Crippen LogP contribution in [0.25, 0.3) is 0 Å². The lowest BCUT2D eigenvalue weighted by Gasteiger charge is -2.12. The summed E-state index contributed by atoms with van der Waals surface area (Å²) in [6.45, 7) is 9.33. The Morgan fingerprint density at radius 1 is 1.40 bits per heavy atom. The first-order valence-corrected chi connectivity index (χ1v) is 7.93. The normalized spacial score (nSPS) is 10.7. The largest absolute Gasteiger partial charge is 0.486 e. The minimum Gasteiger partial charge on any atom is -0.486 e. The van der Waals surface area contributed by atoms with Crippen LogP contribution in [-0.2, 0) is 0 Å². The Balaban J connectivity index is 3.00. The highest BCUT2D eigenvalue weighted by atomic mass is 32.1. The number of amides is 1. The van der Waals surface area contributed by atoms with E-state index in [9.17, 15) is 4.79 Å². The first kappa shape index (κ1) is 16.6. The Hall–Kier alpha value is -1.43. The van der Waals surface area contributed by atoms with Gasteiger partial charge in [0.25, 0.3) is 5.91 Å². The molecule has 0 aliphatic heterocycles. The van der Waals surface area contributed by atoms with Gasteiger partial charge in [0.2, 0.25) is 0 Å². The molecule has 1 amide bonds. The van der Waals surface area contributed by atoms with Gasteiger partial charge in [0, 0.05) is 13.1 Å². The lowest BCUT2D eigenvalue weighted by atomic mass is 10.3. The molecule has 20 heavy (non-hydrogen) atoms. The minimum absolute atomic E-state index is 0.0145. The molecule has 1 heterocycles. The number of hydrogen-bond acceptors (Lipinski definition) is 5. The second-order valence-electron chi connectivity index (χ2n) is 4.81. The lowest BCUT2D eigenvalue weighted by molar-refractivity contribution is 0.0960. The van der Waals surface area contributed by atoms with E-state index in [1.54, 1.807) is 0 Å². The fraction of sp³-hybridized carbons (Fsp3) is 0.643. The van der Waals surface area contributed by atoms with Gasteiger partial charge >= 0.3 is 0 Å². The summed E-state index contributed by atoms with van der Waals surface area (Å²) in [6, 6.07) is 0. The van der Waals surface area contributed by atoms with Gasteiger partial charge in [-0.25, -0.2) is 0 Å². The Labute approximate surface area is 124 Å². The van der Waals surface area contributed by atoms with E-state index in [1.807, 2.05) is 20.8 Å². The molecule has 6 heteroatoms. The van der Waals surface area contributed by atoms with Crippen LogP contribution in [0.5, 0.6) is 5.75 Å². The Kier molecular flexibility index (Phi) is 6.64. The van der Waals surface area contributed by atoms with Crippen LogP contribution in [0.15, 0.2) is 0 Å². The predicted molar refractivity (Wildman–Crippen MR) is 85.9 cm³/mol. The molecule has 0 aliphatic rings. The van der Waals surface area contributed by atoms with Crippen LogP contribution in [0.4, 0.5) is 10.7 Å². The number of ether oxygens (including phenoxy) is 1. The highest BCUT2D eigenvalue weighted by molar-refractivity contribution is 7.19. The van der Waals surface area contributed by atoms with Crippen molar-refractivity contribution in [3.63, 3.8) is 0 Å². The van der Waals surface area contributed by atoms with Crippen molar-refractivity contribution in [3.05, 3.63) is 4.88 Å². The molecule has 1 aromatic rings. The van der Waals surface area contributed by atoms with Crippen molar-refractivity contribution < 1.29 is 9.53 Å². The first-order valence-electron chi connectivity index (χ1n) is 7.12. The summed E-state index contributed by atoms with van der Waals surface area (Å²) in [6.07, 6.45) is 2.19. The maximum atomic E-state index is 12.0. The zero-order valence-corrected chi connectivity index (χ0v) is 13.5. The molecule has 1 rings (SSSR count). The van der Waals surface area contributed by atoms with E-state index in [-0.39, 0.29) is 12.0 Å².